The zero-order valence-electron chi connectivity index (χ0n) is 22.0. The van der Waals surface area contributed by atoms with Crippen molar-refractivity contribution >= 4 is 6.09 Å². The van der Waals surface area contributed by atoms with Crippen molar-refractivity contribution < 1.29 is 14.6 Å². The van der Waals surface area contributed by atoms with Crippen LogP contribution >= 0.6 is 0 Å². The van der Waals surface area contributed by atoms with Crippen LogP contribution in [0.5, 0.6) is 0 Å². The van der Waals surface area contributed by atoms with Crippen LogP contribution in [0.2, 0.25) is 0 Å². The molecule has 2 atom stereocenters. The molecule has 1 amide bonds. The third kappa shape index (κ3) is 4.15. The number of ether oxygens (including phenoxy) is 1. The molecule has 0 aromatic heterocycles. The lowest BCUT2D eigenvalue weighted by Gasteiger charge is -2.51. The summed E-state index contributed by atoms with van der Waals surface area (Å²) in [5, 5.41) is 12.1. The Bertz CT molecular complexity index is 1450. The number of hydrogen-bond acceptors (Lipinski definition) is 3. The molecule has 0 saturated carbocycles. The van der Waals surface area contributed by atoms with Crippen LogP contribution in [0.4, 0.5) is 4.79 Å². The number of aliphatic hydroxyl groups is 1. The maximum absolute atomic E-state index is 13.7. The molecule has 2 fully saturated rings. The number of hydrogen-bond donors (Lipinski definition) is 1. The number of benzene rings is 4. The summed E-state index contributed by atoms with van der Waals surface area (Å²) in [6, 6.07) is 35.2. The van der Waals surface area contributed by atoms with E-state index in [0.717, 1.165) is 36.0 Å². The second kappa shape index (κ2) is 9.69. The van der Waals surface area contributed by atoms with Gasteiger partial charge in [0.2, 0.25) is 0 Å². The van der Waals surface area contributed by atoms with Crippen LogP contribution in [0.15, 0.2) is 103 Å². The van der Waals surface area contributed by atoms with Gasteiger partial charge in [-0.05, 0) is 58.2 Å². The summed E-state index contributed by atoms with van der Waals surface area (Å²) in [5.74, 6) is 0.0423. The molecule has 7 rings (SSSR count). The minimum atomic E-state index is -0.984. The Kier molecular flexibility index (Phi) is 6.01. The lowest BCUT2D eigenvalue weighted by Crippen LogP contribution is -2.59. The second-order valence-electron chi connectivity index (χ2n) is 11.3. The summed E-state index contributed by atoms with van der Waals surface area (Å²) in [7, 11) is 0. The lowest BCUT2D eigenvalue weighted by molar-refractivity contribution is -0.0887. The molecule has 2 heterocycles. The summed E-state index contributed by atoms with van der Waals surface area (Å²) in [4.78, 5) is 15.6. The van der Waals surface area contributed by atoms with E-state index in [1.807, 2.05) is 35.2 Å². The van der Waals surface area contributed by atoms with Crippen LogP contribution in [0.1, 0.15) is 54.7 Å². The Morgan fingerprint density at radius 1 is 0.744 bits per heavy atom. The Hall–Kier alpha value is -3.89. The van der Waals surface area contributed by atoms with E-state index in [1.54, 1.807) is 0 Å². The van der Waals surface area contributed by atoms with Gasteiger partial charge in [-0.2, -0.15) is 0 Å². The summed E-state index contributed by atoms with van der Waals surface area (Å²) in [5.41, 5.74) is 7.04. The molecule has 4 aromatic rings. The maximum atomic E-state index is 13.7. The van der Waals surface area contributed by atoms with Gasteiger partial charge in [0.15, 0.2) is 0 Å². The number of fused-ring (bicyclic) bond motifs is 5. The molecule has 4 nitrogen and oxygen atoms in total. The molecule has 0 spiro atoms. The monoisotopic (exact) mass is 515 g/mol. The first kappa shape index (κ1) is 24.2. The Morgan fingerprint density at radius 3 is 1.92 bits per heavy atom. The van der Waals surface area contributed by atoms with Crippen LogP contribution in [-0.2, 0) is 10.3 Å². The number of rotatable bonds is 4. The summed E-state index contributed by atoms with van der Waals surface area (Å²) in [6.45, 7) is 0.323. The van der Waals surface area contributed by atoms with Crippen molar-refractivity contribution in [3.8, 4) is 22.3 Å². The molecule has 1 aliphatic carbocycles. The molecular weight excluding hydrogens is 482 g/mol. The number of piperidine rings is 2. The fourth-order valence-corrected chi connectivity index (χ4v) is 7.37. The van der Waals surface area contributed by atoms with Crippen molar-refractivity contribution in [2.45, 2.75) is 55.7 Å². The van der Waals surface area contributed by atoms with E-state index in [0.29, 0.717) is 19.4 Å². The number of carbonyl (C=O) groups is 1. The van der Waals surface area contributed by atoms with Crippen LogP contribution in [0, 0.1) is 0 Å². The van der Waals surface area contributed by atoms with Crippen molar-refractivity contribution in [3.63, 3.8) is 0 Å². The summed E-state index contributed by atoms with van der Waals surface area (Å²) >= 11 is 0. The van der Waals surface area contributed by atoms with E-state index < -0.39 is 5.60 Å². The summed E-state index contributed by atoms with van der Waals surface area (Å²) < 4.78 is 6.09. The number of carbonyl (C=O) groups excluding carboxylic acids is 1. The Labute approximate surface area is 229 Å². The van der Waals surface area contributed by atoms with Gasteiger partial charge >= 0.3 is 6.09 Å². The molecule has 0 radical (unpaired) electrons. The van der Waals surface area contributed by atoms with Crippen LogP contribution < -0.4 is 0 Å². The molecule has 1 N–H and O–H groups in total. The van der Waals surface area contributed by atoms with E-state index in [2.05, 4.69) is 72.8 Å². The van der Waals surface area contributed by atoms with Crippen LogP contribution in [0.3, 0.4) is 0 Å². The van der Waals surface area contributed by atoms with Gasteiger partial charge in [0.1, 0.15) is 6.61 Å². The van der Waals surface area contributed by atoms with Crippen molar-refractivity contribution in [1.82, 2.24) is 4.90 Å². The van der Waals surface area contributed by atoms with Gasteiger partial charge in [-0.3, -0.25) is 0 Å². The highest BCUT2D eigenvalue weighted by molar-refractivity contribution is 5.79. The first-order valence-corrected chi connectivity index (χ1v) is 14.1. The van der Waals surface area contributed by atoms with Gasteiger partial charge in [0, 0.05) is 30.8 Å². The minimum Gasteiger partial charge on any atom is -0.448 e. The van der Waals surface area contributed by atoms with E-state index >= 15 is 0 Å². The predicted octanol–water partition coefficient (Wildman–Crippen LogP) is 7.51. The maximum Gasteiger partial charge on any atom is 0.410 e. The topological polar surface area (TPSA) is 49.8 Å². The smallest absolute Gasteiger partial charge is 0.410 e. The molecule has 39 heavy (non-hydrogen) atoms. The zero-order valence-corrected chi connectivity index (χ0v) is 22.0. The van der Waals surface area contributed by atoms with Crippen molar-refractivity contribution in [2.24, 2.45) is 0 Å². The number of nitrogens with zero attached hydrogens (tertiary/aromatic N) is 1. The highest BCUT2D eigenvalue weighted by atomic mass is 16.6. The number of amides is 1. The average Bonchev–Trinajstić information content (AvgIpc) is 3.29. The molecule has 3 aliphatic rings. The van der Waals surface area contributed by atoms with Gasteiger partial charge in [-0.1, -0.05) is 103 Å². The third-order valence-electron chi connectivity index (χ3n) is 9.07. The van der Waals surface area contributed by atoms with E-state index in [4.69, 9.17) is 4.74 Å². The molecule has 4 heteroatoms. The highest BCUT2D eigenvalue weighted by Crippen LogP contribution is 2.48. The standard InChI is InChI=1S/C35H33NO3/c37-34(39-23-32-30-18-6-4-16-28(30)29-17-5-7-19-31(29)32)36-25-13-10-14-26(36)22-35(38,21-25)33-20-9-8-15-27(33)24-11-2-1-3-12-24/h1-9,11-12,15-20,25-26,32,38H,10,13-14,21-23H2. The largest absolute Gasteiger partial charge is 0.448 e. The Balaban J connectivity index is 1.12. The molecule has 196 valence electrons. The first-order chi connectivity index (χ1) is 19.1. The van der Waals surface area contributed by atoms with Crippen LogP contribution in [-0.4, -0.2) is 34.8 Å². The van der Waals surface area contributed by atoms with Gasteiger partial charge < -0.3 is 14.7 Å². The van der Waals surface area contributed by atoms with Crippen LogP contribution in [0.25, 0.3) is 22.3 Å². The van der Waals surface area contributed by atoms with E-state index in [9.17, 15) is 9.90 Å². The predicted molar refractivity (Wildman–Crippen MR) is 153 cm³/mol. The SMILES string of the molecule is O=C(OCC1c2ccccc2-c2ccccc21)N1C2CCCC1CC(O)(c1ccccc1-c1ccccc1)C2. The minimum absolute atomic E-state index is 0.0398. The molecule has 2 saturated heterocycles. The molecule has 2 aliphatic heterocycles. The fourth-order valence-electron chi connectivity index (χ4n) is 7.37. The van der Waals surface area contributed by atoms with E-state index in [1.165, 1.54) is 22.3 Å². The van der Waals surface area contributed by atoms with Crippen molar-refractivity contribution in [1.29, 1.82) is 0 Å². The average molecular weight is 516 g/mol. The normalized spacial score (nSPS) is 23.7. The molecular formula is C35H33NO3. The second-order valence-corrected chi connectivity index (χ2v) is 11.3. The quantitative estimate of drug-likeness (QED) is 0.306. The molecule has 4 aromatic carbocycles. The van der Waals surface area contributed by atoms with Gasteiger partial charge in [0.05, 0.1) is 5.60 Å². The van der Waals surface area contributed by atoms with Crippen molar-refractivity contribution in [3.05, 3.63) is 120 Å². The van der Waals surface area contributed by atoms with E-state index in [-0.39, 0.29) is 24.1 Å². The first-order valence-electron chi connectivity index (χ1n) is 14.1. The summed E-state index contributed by atoms with van der Waals surface area (Å²) in [6.07, 6.45) is 3.64. The molecule has 2 bridgehead atoms. The highest BCUT2D eigenvalue weighted by Gasteiger charge is 2.49. The Morgan fingerprint density at radius 2 is 1.28 bits per heavy atom. The lowest BCUT2D eigenvalue weighted by atomic mass is 9.71. The van der Waals surface area contributed by atoms with Gasteiger partial charge in [0.25, 0.3) is 0 Å². The van der Waals surface area contributed by atoms with Crippen molar-refractivity contribution in [2.75, 3.05) is 6.61 Å². The zero-order chi connectivity index (χ0) is 26.4. The third-order valence-corrected chi connectivity index (χ3v) is 9.07. The fraction of sp³-hybridized carbons (Fsp3) is 0.286. The van der Waals surface area contributed by atoms with Gasteiger partial charge in [-0.15, -0.1) is 0 Å². The molecule has 2 unspecified atom stereocenters. The van der Waals surface area contributed by atoms with Gasteiger partial charge in [-0.25, -0.2) is 4.79 Å².